The molecule has 0 aliphatic heterocycles. The zero-order valence-electron chi connectivity index (χ0n) is 14.9. The number of rotatable bonds is 8. The van der Waals surface area contributed by atoms with E-state index in [0.29, 0.717) is 41.5 Å². The normalized spacial score (nSPS) is 10.1. The molecular formula is C19H21NO6. The number of hydrogen-bond donors (Lipinski definition) is 1. The highest BCUT2D eigenvalue weighted by molar-refractivity contribution is 6.05. The minimum atomic E-state index is -0.454. The number of carbonyl (C=O) groups is 2. The summed E-state index contributed by atoms with van der Waals surface area (Å²) in [6.07, 6.45) is 0. The van der Waals surface area contributed by atoms with Crippen molar-refractivity contribution in [2.75, 3.05) is 39.9 Å². The summed E-state index contributed by atoms with van der Waals surface area (Å²) in [6.45, 7) is 0.797. The molecule has 2 rings (SSSR count). The molecule has 0 bridgehead atoms. The molecule has 0 aliphatic carbocycles. The molecule has 0 atom stereocenters. The number of amides is 1. The topological polar surface area (TPSA) is 83.1 Å². The first-order valence-electron chi connectivity index (χ1n) is 7.88. The molecule has 0 radical (unpaired) electrons. The molecule has 1 N–H and O–H groups in total. The zero-order valence-corrected chi connectivity index (χ0v) is 14.9. The van der Waals surface area contributed by atoms with Gasteiger partial charge in [0.1, 0.15) is 6.61 Å². The molecule has 0 fully saturated rings. The molecule has 0 saturated carbocycles. The number of benzene rings is 2. The van der Waals surface area contributed by atoms with Gasteiger partial charge in [-0.2, -0.15) is 0 Å². The van der Waals surface area contributed by atoms with E-state index in [1.807, 2.05) is 0 Å². The predicted octanol–water partition coefficient (Wildman–Crippen LogP) is 2.76. The highest BCUT2D eigenvalue weighted by Crippen LogP contribution is 2.30. The lowest BCUT2D eigenvalue weighted by atomic mass is 10.1. The molecule has 0 aromatic heterocycles. The van der Waals surface area contributed by atoms with Gasteiger partial charge in [-0.05, 0) is 36.4 Å². The molecule has 0 heterocycles. The molecule has 0 saturated heterocycles. The van der Waals surface area contributed by atoms with Crippen LogP contribution in [0.4, 0.5) is 5.69 Å². The number of hydrogen-bond acceptors (Lipinski definition) is 6. The van der Waals surface area contributed by atoms with Crippen molar-refractivity contribution in [3.8, 4) is 11.5 Å². The molecule has 7 nitrogen and oxygen atoms in total. The summed E-state index contributed by atoms with van der Waals surface area (Å²) in [4.78, 5) is 23.8. The fourth-order valence-corrected chi connectivity index (χ4v) is 2.18. The highest BCUT2D eigenvalue weighted by atomic mass is 16.5. The molecule has 0 aliphatic rings. The summed E-state index contributed by atoms with van der Waals surface area (Å²) in [7, 11) is 4.43. The van der Waals surface area contributed by atoms with Crippen LogP contribution in [0.5, 0.6) is 11.5 Å². The van der Waals surface area contributed by atoms with Crippen molar-refractivity contribution in [3.63, 3.8) is 0 Å². The fraction of sp³-hybridized carbons (Fsp3) is 0.263. The van der Waals surface area contributed by atoms with E-state index in [-0.39, 0.29) is 5.91 Å². The molecule has 2 aromatic carbocycles. The van der Waals surface area contributed by atoms with Gasteiger partial charge in [0.15, 0.2) is 11.5 Å². The summed E-state index contributed by atoms with van der Waals surface area (Å²) >= 11 is 0. The van der Waals surface area contributed by atoms with E-state index in [0.717, 1.165) is 0 Å². The van der Waals surface area contributed by atoms with Gasteiger partial charge in [-0.3, -0.25) is 4.79 Å². The van der Waals surface area contributed by atoms with Gasteiger partial charge in [-0.15, -0.1) is 0 Å². The van der Waals surface area contributed by atoms with Crippen molar-refractivity contribution in [2.45, 2.75) is 0 Å². The van der Waals surface area contributed by atoms with E-state index >= 15 is 0 Å². The third-order valence-electron chi connectivity index (χ3n) is 3.53. The standard InChI is InChI=1S/C19H21NO6/c1-23-10-11-26-17-12-15(8-9-16(17)24-2)20-18(21)13-4-6-14(7-5-13)19(22)25-3/h4-9,12H,10-11H2,1-3H3,(H,20,21). The minimum Gasteiger partial charge on any atom is -0.493 e. The third kappa shape index (κ3) is 4.97. The maximum Gasteiger partial charge on any atom is 0.337 e. The lowest BCUT2D eigenvalue weighted by Crippen LogP contribution is -2.13. The largest absolute Gasteiger partial charge is 0.493 e. The van der Waals surface area contributed by atoms with Gasteiger partial charge >= 0.3 is 5.97 Å². The quantitative estimate of drug-likeness (QED) is 0.576. The molecule has 2 aromatic rings. The Kier molecular flexibility index (Phi) is 6.99. The van der Waals surface area contributed by atoms with Crippen molar-refractivity contribution < 1.29 is 28.5 Å². The van der Waals surface area contributed by atoms with E-state index in [9.17, 15) is 9.59 Å². The Labute approximate surface area is 151 Å². The Morgan fingerprint density at radius 2 is 1.58 bits per heavy atom. The van der Waals surface area contributed by atoms with E-state index in [1.165, 1.54) is 19.2 Å². The highest BCUT2D eigenvalue weighted by Gasteiger charge is 2.11. The summed E-state index contributed by atoms with van der Waals surface area (Å²) in [5.41, 5.74) is 1.35. The summed E-state index contributed by atoms with van der Waals surface area (Å²) in [5.74, 6) is 0.296. The van der Waals surface area contributed by atoms with Crippen molar-refractivity contribution in [1.82, 2.24) is 0 Å². The van der Waals surface area contributed by atoms with Crippen LogP contribution in [0.15, 0.2) is 42.5 Å². The molecule has 0 spiro atoms. The summed E-state index contributed by atoms with van der Waals surface area (Å²) in [6, 6.07) is 11.3. The van der Waals surface area contributed by atoms with Crippen molar-refractivity contribution in [1.29, 1.82) is 0 Å². The molecule has 7 heteroatoms. The van der Waals surface area contributed by atoms with Gasteiger partial charge in [0.05, 0.1) is 26.4 Å². The number of anilines is 1. The average Bonchev–Trinajstić information content (AvgIpc) is 2.68. The van der Waals surface area contributed by atoms with E-state index < -0.39 is 5.97 Å². The number of nitrogens with one attached hydrogen (secondary N) is 1. The van der Waals surface area contributed by atoms with E-state index in [4.69, 9.17) is 14.2 Å². The summed E-state index contributed by atoms with van der Waals surface area (Å²) in [5, 5.41) is 2.78. The van der Waals surface area contributed by atoms with Crippen LogP contribution >= 0.6 is 0 Å². The number of ether oxygens (including phenoxy) is 4. The maximum atomic E-state index is 12.4. The van der Waals surface area contributed by atoms with Crippen LogP contribution in [0, 0.1) is 0 Å². The Balaban J connectivity index is 2.10. The monoisotopic (exact) mass is 359 g/mol. The van der Waals surface area contributed by atoms with E-state index in [2.05, 4.69) is 10.1 Å². The van der Waals surface area contributed by atoms with Gasteiger partial charge in [0, 0.05) is 24.4 Å². The van der Waals surface area contributed by atoms with Crippen LogP contribution in [-0.2, 0) is 9.47 Å². The molecule has 0 unspecified atom stereocenters. The van der Waals surface area contributed by atoms with Gasteiger partial charge < -0.3 is 24.3 Å². The van der Waals surface area contributed by atoms with Crippen molar-refractivity contribution in [3.05, 3.63) is 53.6 Å². The Morgan fingerprint density at radius 1 is 0.885 bits per heavy atom. The summed E-state index contributed by atoms with van der Waals surface area (Å²) < 4.78 is 20.4. The predicted molar refractivity (Wildman–Crippen MR) is 96.1 cm³/mol. The Morgan fingerprint density at radius 3 is 2.19 bits per heavy atom. The lowest BCUT2D eigenvalue weighted by molar-refractivity contribution is 0.0600. The van der Waals surface area contributed by atoms with E-state index in [1.54, 1.807) is 44.6 Å². The Bertz CT molecular complexity index is 757. The smallest absolute Gasteiger partial charge is 0.337 e. The van der Waals surface area contributed by atoms with Crippen LogP contribution in [-0.4, -0.2) is 46.4 Å². The van der Waals surface area contributed by atoms with Gasteiger partial charge in [-0.1, -0.05) is 0 Å². The molecular weight excluding hydrogens is 338 g/mol. The number of methoxy groups -OCH3 is 3. The second kappa shape index (κ2) is 9.43. The number of esters is 1. The zero-order chi connectivity index (χ0) is 18.9. The molecule has 138 valence electrons. The van der Waals surface area contributed by atoms with Crippen LogP contribution < -0.4 is 14.8 Å². The second-order valence-electron chi connectivity index (χ2n) is 5.23. The van der Waals surface area contributed by atoms with Gasteiger partial charge in [0.25, 0.3) is 5.91 Å². The average molecular weight is 359 g/mol. The van der Waals surface area contributed by atoms with Gasteiger partial charge in [-0.25, -0.2) is 4.79 Å². The first-order valence-corrected chi connectivity index (χ1v) is 7.88. The SMILES string of the molecule is COCCOc1cc(NC(=O)c2ccc(C(=O)OC)cc2)ccc1OC. The Hall–Kier alpha value is -3.06. The molecule has 26 heavy (non-hydrogen) atoms. The lowest BCUT2D eigenvalue weighted by Gasteiger charge is -2.13. The minimum absolute atomic E-state index is 0.311. The van der Waals surface area contributed by atoms with Gasteiger partial charge in [0.2, 0.25) is 0 Å². The maximum absolute atomic E-state index is 12.4. The second-order valence-corrected chi connectivity index (χ2v) is 5.23. The third-order valence-corrected chi connectivity index (χ3v) is 3.53. The van der Waals surface area contributed by atoms with Crippen LogP contribution in [0.1, 0.15) is 20.7 Å². The van der Waals surface area contributed by atoms with Crippen LogP contribution in [0.3, 0.4) is 0 Å². The van der Waals surface area contributed by atoms with Crippen LogP contribution in [0.2, 0.25) is 0 Å². The fourth-order valence-electron chi connectivity index (χ4n) is 2.18. The first kappa shape index (κ1) is 19.3. The van der Waals surface area contributed by atoms with Crippen molar-refractivity contribution >= 4 is 17.6 Å². The first-order chi connectivity index (χ1) is 12.6. The number of carbonyl (C=O) groups excluding carboxylic acids is 2. The molecule has 1 amide bonds. The van der Waals surface area contributed by atoms with Crippen molar-refractivity contribution in [2.24, 2.45) is 0 Å². The van der Waals surface area contributed by atoms with Crippen LogP contribution in [0.25, 0.3) is 0 Å².